The van der Waals surface area contributed by atoms with Gasteiger partial charge in [0.2, 0.25) is 65.0 Å². The molecule has 2 saturated heterocycles. The fourth-order valence-corrected chi connectivity index (χ4v) is 11.5. The highest BCUT2D eigenvalue weighted by molar-refractivity contribution is 6.01. The van der Waals surface area contributed by atoms with Crippen LogP contribution in [0.1, 0.15) is 88.5 Å². The minimum Gasteiger partial charge on any atom is -0.508 e. The number of benzene rings is 4. The number of phenolic OH excluding ortho intramolecular Hbond substituents is 1. The molecule has 0 aliphatic carbocycles. The summed E-state index contributed by atoms with van der Waals surface area (Å²) in [6.07, 6.45) is -3.07. The van der Waals surface area contributed by atoms with Gasteiger partial charge in [-0.05, 0) is 78.1 Å². The van der Waals surface area contributed by atoms with E-state index in [4.69, 9.17) is 11.5 Å². The number of rotatable bonds is 18. The number of fused-ring (bicyclic) bond motifs is 2. The van der Waals surface area contributed by atoms with Gasteiger partial charge in [0.1, 0.15) is 66.2 Å². The lowest BCUT2D eigenvalue weighted by Gasteiger charge is -2.31. The highest BCUT2D eigenvalue weighted by atomic mass is 16.4. The van der Waals surface area contributed by atoms with Crippen molar-refractivity contribution >= 4 is 81.9 Å². The summed E-state index contributed by atoms with van der Waals surface area (Å²) < 4.78 is 0. The zero-order chi connectivity index (χ0) is 69.0. The Bertz CT molecular complexity index is 3550. The molecule has 0 unspecified atom stereocenters. The number of H-pyrrole nitrogens is 1. The Morgan fingerprint density at radius 2 is 0.979 bits per heavy atom. The van der Waals surface area contributed by atoms with E-state index in [0.717, 1.165) is 4.90 Å². The molecule has 2 fully saturated rings. The van der Waals surface area contributed by atoms with Gasteiger partial charge in [0.25, 0.3) is 0 Å². The van der Waals surface area contributed by atoms with E-state index in [1.807, 2.05) is 0 Å². The second-order valence-electron chi connectivity index (χ2n) is 24.8. The van der Waals surface area contributed by atoms with E-state index in [9.17, 15) is 68.1 Å². The number of carboxylic acids is 1. The quantitative estimate of drug-likeness (QED) is 0.0514. The number of para-hydroxylation sites is 1. The van der Waals surface area contributed by atoms with Crippen LogP contribution in [0.4, 0.5) is 0 Å². The van der Waals surface area contributed by atoms with Crippen molar-refractivity contribution in [1.82, 2.24) is 57.7 Å². The van der Waals surface area contributed by atoms with E-state index < -0.39 is 163 Å². The molecule has 11 atom stereocenters. The molecule has 3 heterocycles. The number of aliphatic carboxylic acids is 1. The number of aliphatic hydroxyl groups excluding tert-OH is 1. The predicted octanol–water partition coefficient (Wildman–Crippen LogP) is -0.726. The highest BCUT2D eigenvalue weighted by Gasteiger charge is 2.44. The largest absolute Gasteiger partial charge is 0.508 e. The molecule has 0 spiro atoms. The number of aliphatic hydroxyl groups is 1. The number of carbonyl (C=O) groups is 12. The molecular formula is C67H85N13O15. The van der Waals surface area contributed by atoms with Crippen LogP contribution in [-0.4, -0.2) is 176 Å². The topological polar surface area (TPSA) is 445 Å². The number of amides is 11. The van der Waals surface area contributed by atoms with Gasteiger partial charge >= 0.3 is 5.97 Å². The molecule has 2 aliphatic rings. The molecule has 95 heavy (non-hydrogen) atoms. The monoisotopic (exact) mass is 1310 g/mol. The summed E-state index contributed by atoms with van der Waals surface area (Å²) in [5.41, 5.74) is 14.1. The second kappa shape index (κ2) is 34.1. The van der Waals surface area contributed by atoms with Crippen molar-refractivity contribution < 1.29 is 72.9 Å². The fourth-order valence-electron chi connectivity index (χ4n) is 11.5. The van der Waals surface area contributed by atoms with Crippen molar-refractivity contribution in [2.75, 3.05) is 13.1 Å². The first kappa shape index (κ1) is 72.2. The zero-order valence-corrected chi connectivity index (χ0v) is 53.3. The number of hydrogen-bond donors (Lipinski definition) is 15. The Kier molecular flexibility index (Phi) is 25.9. The van der Waals surface area contributed by atoms with Crippen LogP contribution in [0.25, 0.3) is 10.9 Å². The van der Waals surface area contributed by atoms with Crippen molar-refractivity contribution in [2.45, 2.75) is 158 Å². The molecule has 0 radical (unpaired) electrons. The lowest BCUT2D eigenvalue weighted by atomic mass is 9.98. The fraction of sp³-hybridized carbons (Fsp3) is 0.433. The number of nitrogens with one attached hydrogen (secondary N) is 10. The van der Waals surface area contributed by atoms with Crippen LogP contribution in [0.2, 0.25) is 0 Å². The molecule has 4 aromatic carbocycles. The number of nitrogens with zero attached hydrogens (tertiary/aromatic N) is 1. The van der Waals surface area contributed by atoms with Crippen molar-refractivity contribution in [1.29, 1.82) is 0 Å². The third-order valence-corrected chi connectivity index (χ3v) is 16.4. The maximum atomic E-state index is 15.2. The van der Waals surface area contributed by atoms with Gasteiger partial charge in [-0.1, -0.05) is 119 Å². The van der Waals surface area contributed by atoms with E-state index in [1.54, 1.807) is 119 Å². The van der Waals surface area contributed by atoms with E-state index in [0.29, 0.717) is 33.2 Å². The average Bonchev–Trinajstić information content (AvgIpc) is 1.77. The molecule has 508 valence electrons. The summed E-state index contributed by atoms with van der Waals surface area (Å²) in [5, 5.41) is 55.8. The first-order chi connectivity index (χ1) is 45.3. The van der Waals surface area contributed by atoms with Crippen LogP contribution < -0.4 is 59.3 Å². The number of aromatic amines is 1. The molecule has 11 amide bonds. The van der Waals surface area contributed by atoms with Crippen LogP contribution in [0.3, 0.4) is 0 Å². The number of nitrogens with two attached hydrogens (primary N) is 2. The molecule has 0 saturated carbocycles. The Hall–Kier alpha value is -10.2. The molecule has 28 heteroatoms. The molecule has 7 rings (SSSR count). The number of carbonyl (C=O) groups excluding carboxylic acids is 11. The van der Waals surface area contributed by atoms with Gasteiger partial charge in [-0.2, -0.15) is 0 Å². The maximum Gasteiger partial charge on any atom is 0.305 e. The smallest absolute Gasteiger partial charge is 0.305 e. The third kappa shape index (κ3) is 20.9. The van der Waals surface area contributed by atoms with Crippen molar-refractivity contribution in [2.24, 2.45) is 23.3 Å². The Labute approximate surface area is 548 Å². The minimum absolute atomic E-state index is 0.0133. The first-order valence-electron chi connectivity index (χ1n) is 31.6. The summed E-state index contributed by atoms with van der Waals surface area (Å²) in [4.78, 5) is 177. The van der Waals surface area contributed by atoms with Crippen LogP contribution in [-0.2, 0) is 83.2 Å². The summed E-state index contributed by atoms with van der Waals surface area (Å²) in [7, 11) is 0. The summed E-state index contributed by atoms with van der Waals surface area (Å²) in [6.45, 7) is 6.37. The van der Waals surface area contributed by atoms with Gasteiger partial charge in [0.05, 0.1) is 18.9 Å². The summed E-state index contributed by atoms with van der Waals surface area (Å²) >= 11 is 0. The number of primary amides is 1. The highest BCUT2D eigenvalue weighted by Crippen LogP contribution is 2.24. The second-order valence-corrected chi connectivity index (χ2v) is 24.8. The SMILES string of the molecule is CC(C)C[C@@H]1NC(=O)[C@H](CCCN)NC(=O)[C@H](C(C)C)NC(=O)[C@H](Cc2c[nH]c3ccccc23)NC(=O)[C@H](CC(=O)O)NC(=O)[C@H](CC(N)=O)NC(=O)[C@@H](Cc2ccccc2)NC(=O)[C@H](Cc2ccccc2)NC(=O)[C@@H]2C[C@@H](O)CN2C(=O)[C@@H](Cc2ccc(O)cc2)NC1=O. The summed E-state index contributed by atoms with van der Waals surface area (Å²) in [5.74, 6) is -13.8. The van der Waals surface area contributed by atoms with E-state index in [2.05, 4.69) is 52.8 Å². The Balaban J connectivity index is 1.33. The minimum atomic E-state index is -2.03. The molecular weight excluding hydrogens is 1230 g/mol. The van der Waals surface area contributed by atoms with Crippen LogP contribution in [0, 0.1) is 11.8 Å². The third-order valence-electron chi connectivity index (χ3n) is 16.4. The maximum absolute atomic E-state index is 15.2. The van der Waals surface area contributed by atoms with Gasteiger partial charge in [-0.25, -0.2) is 0 Å². The number of aromatic nitrogens is 1. The van der Waals surface area contributed by atoms with Gasteiger partial charge in [0.15, 0.2) is 0 Å². The van der Waals surface area contributed by atoms with Crippen LogP contribution in [0.15, 0.2) is 115 Å². The standard InChI is InChI=1S/C67H85N13O15/c1-36(2)26-47-59(87)78-53(29-40-21-23-42(81)24-22-40)67(95)80-35-43(82)31-54(80)65(93)77-49(28-39-16-9-6-10-17-39)61(89)73-48(27-38-14-7-5-8-15-38)60(88)75-51(32-55(69)83)62(90)76-52(33-56(84)85)63(91)74-50(30-41-34-70-45-19-12-11-18-44(41)45)64(92)79-57(37(3)4)66(94)71-46(20-13-25-68)58(86)72-47/h5-12,14-19,21-24,34,36-37,43,46-54,57,70,81-82H,13,20,25-33,35,68H2,1-4H3,(H2,69,83)(H,71,94)(H,72,86)(H,73,89)(H,74,91)(H,75,88)(H,76,90)(H,77,93)(H,78,87)(H,79,92)(H,84,85)/t43-,46+,47+,48-,49+,50+,51+,52+,53-,54+,57+/m1/s1. The van der Waals surface area contributed by atoms with Gasteiger partial charge in [0, 0.05) is 55.7 Å². The van der Waals surface area contributed by atoms with E-state index >= 15 is 4.79 Å². The molecule has 17 N–H and O–H groups in total. The van der Waals surface area contributed by atoms with Gasteiger partial charge in [-0.3, -0.25) is 57.5 Å². The number of aromatic hydroxyl groups is 1. The molecule has 2 aliphatic heterocycles. The number of phenols is 1. The first-order valence-corrected chi connectivity index (χ1v) is 31.6. The number of carboxylic acid groups (broad SMARTS) is 1. The molecule has 5 aromatic rings. The average molecular weight is 1310 g/mol. The Morgan fingerprint density at radius 3 is 1.54 bits per heavy atom. The van der Waals surface area contributed by atoms with Gasteiger partial charge < -0.3 is 84.5 Å². The predicted molar refractivity (Wildman–Crippen MR) is 346 cm³/mol. The zero-order valence-electron chi connectivity index (χ0n) is 53.3. The van der Waals surface area contributed by atoms with Crippen LogP contribution >= 0.6 is 0 Å². The molecule has 28 nitrogen and oxygen atoms in total. The van der Waals surface area contributed by atoms with E-state index in [-0.39, 0.29) is 69.6 Å². The Morgan fingerprint density at radius 1 is 0.526 bits per heavy atom. The lowest BCUT2D eigenvalue weighted by molar-refractivity contribution is -0.142. The van der Waals surface area contributed by atoms with Crippen molar-refractivity contribution in [3.8, 4) is 5.75 Å². The molecule has 0 bridgehead atoms. The summed E-state index contributed by atoms with van der Waals surface area (Å²) in [6, 6.07) is 13.3. The molecule has 1 aromatic heterocycles. The normalized spacial score (nSPS) is 24.4. The van der Waals surface area contributed by atoms with E-state index in [1.165, 1.54) is 24.3 Å². The van der Waals surface area contributed by atoms with Crippen LogP contribution in [0.5, 0.6) is 5.75 Å². The van der Waals surface area contributed by atoms with Crippen molar-refractivity contribution in [3.63, 3.8) is 0 Å². The van der Waals surface area contributed by atoms with Gasteiger partial charge in [-0.15, -0.1) is 0 Å². The lowest BCUT2D eigenvalue weighted by Crippen LogP contribution is -2.62. The number of hydrogen-bond acceptors (Lipinski definition) is 15. The van der Waals surface area contributed by atoms with Crippen molar-refractivity contribution in [3.05, 3.63) is 138 Å².